The molecule has 0 aromatic heterocycles. The number of aliphatic hydroxyl groups is 1. The zero-order valence-electron chi connectivity index (χ0n) is 35.6. The summed E-state index contributed by atoms with van der Waals surface area (Å²) < 4.78 is 6.06. The van der Waals surface area contributed by atoms with E-state index in [0.717, 1.165) is 5.56 Å². The highest BCUT2D eigenvalue weighted by molar-refractivity contribution is 5.90. The molecule has 0 saturated carbocycles. The van der Waals surface area contributed by atoms with E-state index in [4.69, 9.17) is 4.74 Å². The third-order valence-corrected chi connectivity index (χ3v) is 9.97. The SMILES string of the molecule is CNC(C(=O)NC(Cc1ccccc1)C(=O)N1CCCC(C(=O)O[C@@H](C/C=C/C=C/CC(C)C(O)C(C=O)CCC(C)=O)/C(C)=C/C=C/C(=O)NC(C)C)N1)C(C)C. The lowest BCUT2D eigenvalue weighted by Crippen LogP contribution is -2.61. The van der Waals surface area contributed by atoms with Crippen LogP contribution in [0.15, 0.2) is 78.4 Å². The highest BCUT2D eigenvalue weighted by Gasteiger charge is 2.35. The van der Waals surface area contributed by atoms with Crippen LogP contribution in [0.4, 0.5) is 0 Å². The molecule has 13 heteroatoms. The number of hydrazine groups is 1. The van der Waals surface area contributed by atoms with Crippen LogP contribution in [0.1, 0.15) is 92.6 Å². The maximum atomic E-state index is 14.0. The number of ketones is 1. The van der Waals surface area contributed by atoms with E-state index in [1.165, 1.54) is 18.0 Å². The van der Waals surface area contributed by atoms with Crippen LogP contribution in [0.25, 0.3) is 0 Å². The van der Waals surface area contributed by atoms with Gasteiger partial charge in [0.25, 0.3) is 5.91 Å². The summed E-state index contributed by atoms with van der Waals surface area (Å²) in [5, 5.41) is 20.8. The standard InChI is InChI=1S/C45H67N5O8/c1-30(2)41(46-8)43(55)48-38(28-35-20-13-11-14-21-35)44(56)50-27-17-22-37(49-50)45(57)58-39(32(5)19-16-24-40(53)47-31(3)4)23-15-10-9-12-18-33(6)42(54)36(29-51)26-25-34(7)52/h9-16,19-21,24,29-31,33,36-39,41-42,46,49,54H,17-18,22-23,25-28H2,1-8H3,(H,47,53)(H,48,55)/b12-9+,15-10+,24-16+,32-19+/t33?,36?,37?,38?,39-,41?,42?/m0/s1. The summed E-state index contributed by atoms with van der Waals surface area (Å²) in [4.78, 5) is 76.2. The number of esters is 1. The Kier molecular flexibility index (Phi) is 22.4. The number of nitrogens with one attached hydrogen (secondary N) is 4. The van der Waals surface area contributed by atoms with Crippen molar-refractivity contribution in [3.63, 3.8) is 0 Å². The van der Waals surface area contributed by atoms with Crippen molar-refractivity contribution >= 4 is 35.8 Å². The Bertz CT molecular complexity index is 1600. The van der Waals surface area contributed by atoms with Crippen LogP contribution in [0.5, 0.6) is 0 Å². The maximum absolute atomic E-state index is 14.0. The quantitative estimate of drug-likeness (QED) is 0.0433. The molecule has 0 spiro atoms. The molecule has 58 heavy (non-hydrogen) atoms. The Balaban J connectivity index is 2.21. The third kappa shape index (κ3) is 17.8. The first-order valence-electron chi connectivity index (χ1n) is 20.5. The van der Waals surface area contributed by atoms with Crippen LogP contribution in [-0.4, -0.2) is 95.8 Å². The fourth-order valence-corrected chi connectivity index (χ4v) is 6.56. The van der Waals surface area contributed by atoms with E-state index in [1.807, 2.05) is 96.2 Å². The topological polar surface area (TPSA) is 183 Å². The van der Waals surface area contributed by atoms with Crippen LogP contribution >= 0.6 is 0 Å². The average Bonchev–Trinajstić information content (AvgIpc) is 3.18. The fraction of sp³-hybridized carbons (Fsp3) is 0.556. The largest absolute Gasteiger partial charge is 0.456 e. The molecule has 0 bridgehead atoms. The smallest absolute Gasteiger partial charge is 0.325 e. The highest BCUT2D eigenvalue weighted by atomic mass is 16.5. The Hall–Kier alpha value is -4.72. The van der Waals surface area contributed by atoms with Crippen LogP contribution < -0.4 is 21.4 Å². The molecule has 1 aromatic carbocycles. The molecule has 2 rings (SSSR count). The van der Waals surface area contributed by atoms with Crippen molar-refractivity contribution in [3.05, 3.63) is 84.0 Å². The lowest BCUT2D eigenvalue weighted by Gasteiger charge is -2.36. The number of hydrogen-bond acceptors (Lipinski definition) is 10. The number of ether oxygens (including phenoxy) is 1. The van der Waals surface area contributed by atoms with Crippen molar-refractivity contribution in [2.45, 2.75) is 130 Å². The molecule has 7 atom stereocenters. The number of rotatable bonds is 24. The molecule has 1 aromatic rings. The summed E-state index contributed by atoms with van der Waals surface area (Å²) in [6.45, 7) is 13.0. The molecular formula is C45H67N5O8. The second kappa shape index (κ2) is 26.3. The van der Waals surface area contributed by atoms with Crippen LogP contribution in [-0.2, 0) is 39.9 Å². The summed E-state index contributed by atoms with van der Waals surface area (Å²) >= 11 is 0. The summed E-state index contributed by atoms with van der Waals surface area (Å²) in [5.74, 6) is -2.31. The number of Topliss-reactive ketones (excluding diaryl/α,β-unsaturated/α-hetero) is 1. The molecule has 1 heterocycles. The van der Waals surface area contributed by atoms with Gasteiger partial charge in [-0.3, -0.25) is 24.2 Å². The monoisotopic (exact) mass is 805 g/mol. The fourth-order valence-electron chi connectivity index (χ4n) is 6.56. The van der Waals surface area contributed by atoms with E-state index in [1.54, 1.807) is 19.2 Å². The molecule has 6 unspecified atom stereocenters. The van der Waals surface area contributed by atoms with Gasteiger partial charge >= 0.3 is 5.97 Å². The first kappa shape index (κ1) is 49.4. The maximum Gasteiger partial charge on any atom is 0.325 e. The second-order valence-corrected chi connectivity index (χ2v) is 15.8. The van der Waals surface area contributed by atoms with E-state index in [2.05, 4.69) is 21.4 Å². The van der Waals surface area contributed by atoms with Gasteiger partial charge in [-0.2, -0.15) is 0 Å². The summed E-state index contributed by atoms with van der Waals surface area (Å²) in [5.41, 5.74) is 4.64. The molecule has 0 aliphatic carbocycles. The van der Waals surface area contributed by atoms with Crippen LogP contribution in [0, 0.1) is 17.8 Å². The molecule has 13 nitrogen and oxygen atoms in total. The Morgan fingerprint density at radius 3 is 2.24 bits per heavy atom. The number of carbonyl (C=O) groups is 6. The Labute approximate surface area is 345 Å². The molecule has 5 N–H and O–H groups in total. The molecule has 3 amide bonds. The summed E-state index contributed by atoms with van der Waals surface area (Å²) in [6, 6.07) is 7.21. The second-order valence-electron chi connectivity index (χ2n) is 15.8. The molecule has 320 valence electrons. The van der Waals surface area contributed by atoms with Crippen LogP contribution in [0.2, 0.25) is 0 Å². The number of nitrogens with zero attached hydrogens (tertiary/aromatic N) is 1. The lowest BCUT2D eigenvalue weighted by molar-refractivity contribution is -0.156. The zero-order valence-corrected chi connectivity index (χ0v) is 35.6. The van der Waals surface area contributed by atoms with Gasteiger partial charge < -0.3 is 35.4 Å². The number of benzene rings is 1. The number of aldehydes is 1. The zero-order chi connectivity index (χ0) is 43.2. The number of likely N-dealkylation sites (N-methyl/N-ethyl adjacent to an activating group) is 1. The van der Waals surface area contributed by atoms with Crippen molar-refractivity contribution in [1.82, 2.24) is 26.4 Å². The lowest BCUT2D eigenvalue weighted by atomic mass is 9.87. The van der Waals surface area contributed by atoms with Gasteiger partial charge in [-0.1, -0.05) is 87.6 Å². The number of hydrogen-bond donors (Lipinski definition) is 5. The van der Waals surface area contributed by atoms with Gasteiger partial charge in [0.1, 0.15) is 30.3 Å². The van der Waals surface area contributed by atoms with Gasteiger partial charge in [0.05, 0.1) is 12.1 Å². The molecule has 1 fully saturated rings. The first-order valence-corrected chi connectivity index (χ1v) is 20.5. The van der Waals surface area contributed by atoms with E-state index in [-0.39, 0.29) is 54.2 Å². The minimum absolute atomic E-state index is 0.0104. The van der Waals surface area contributed by atoms with Gasteiger partial charge in [-0.05, 0) is 83.4 Å². The molecule has 1 aliphatic heterocycles. The van der Waals surface area contributed by atoms with E-state index >= 15 is 0 Å². The summed E-state index contributed by atoms with van der Waals surface area (Å²) in [6.07, 6.45) is 13.8. The molecule has 1 saturated heterocycles. The van der Waals surface area contributed by atoms with Crippen molar-refractivity contribution in [2.24, 2.45) is 17.8 Å². The predicted molar refractivity (Wildman–Crippen MR) is 226 cm³/mol. The molecule has 0 radical (unpaired) electrons. The number of allylic oxidation sites excluding steroid dienone is 5. The van der Waals surface area contributed by atoms with Crippen LogP contribution in [0.3, 0.4) is 0 Å². The predicted octanol–water partition coefficient (Wildman–Crippen LogP) is 4.47. The van der Waals surface area contributed by atoms with E-state index in [0.29, 0.717) is 50.5 Å². The van der Waals surface area contributed by atoms with Crippen molar-refractivity contribution in [2.75, 3.05) is 13.6 Å². The van der Waals surface area contributed by atoms with Crippen molar-refractivity contribution < 1.29 is 38.6 Å². The van der Waals surface area contributed by atoms with Gasteiger partial charge in [0.2, 0.25) is 11.8 Å². The van der Waals surface area contributed by atoms with E-state index < -0.39 is 42.2 Å². The normalized spacial score (nSPS) is 18.2. The van der Waals surface area contributed by atoms with Gasteiger partial charge in [-0.25, -0.2) is 5.43 Å². The van der Waals surface area contributed by atoms with Crippen molar-refractivity contribution in [3.8, 4) is 0 Å². The molecular weight excluding hydrogens is 739 g/mol. The van der Waals surface area contributed by atoms with Gasteiger partial charge in [-0.15, -0.1) is 0 Å². The molecule has 1 aliphatic rings. The van der Waals surface area contributed by atoms with Crippen molar-refractivity contribution in [1.29, 1.82) is 0 Å². The minimum Gasteiger partial charge on any atom is -0.456 e. The number of amides is 3. The first-order chi connectivity index (χ1) is 27.6. The Morgan fingerprint density at radius 2 is 1.64 bits per heavy atom. The summed E-state index contributed by atoms with van der Waals surface area (Å²) in [7, 11) is 1.71. The highest BCUT2D eigenvalue weighted by Crippen LogP contribution is 2.21. The minimum atomic E-state index is -0.882. The Morgan fingerprint density at radius 1 is 0.966 bits per heavy atom. The number of aliphatic hydroxyl groups excluding tert-OH is 1. The average molecular weight is 806 g/mol. The van der Waals surface area contributed by atoms with Gasteiger partial charge in [0, 0.05) is 43.8 Å². The number of carbonyl (C=O) groups excluding carboxylic acids is 6. The third-order valence-electron chi connectivity index (χ3n) is 9.97. The van der Waals surface area contributed by atoms with Gasteiger partial charge in [0.15, 0.2) is 0 Å². The van der Waals surface area contributed by atoms with E-state index in [9.17, 15) is 33.9 Å².